The molecule has 0 N–H and O–H groups in total. The number of ether oxygens (including phenoxy) is 1. The number of aromatic nitrogens is 5. The monoisotopic (exact) mass is 370 g/mol. The lowest BCUT2D eigenvalue weighted by atomic mass is 10.1. The van der Waals surface area contributed by atoms with Crippen LogP contribution < -0.4 is 5.56 Å². The topological polar surface area (TPSA) is 95.1 Å². The van der Waals surface area contributed by atoms with Gasteiger partial charge in [-0.3, -0.25) is 9.59 Å². The number of fused-ring (bicyclic) bond motifs is 1. The van der Waals surface area contributed by atoms with E-state index >= 15 is 0 Å². The van der Waals surface area contributed by atoms with E-state index in [1.54, 1.807) is 32.6 Å². The zero-order valence-corrected chi connectivity index (χ0v) is 15.6. The fourth-order valence-electron chi connectivity index (χ4n) is 2.84. The van der Waals surface area contributed by atoms with Crippen molar-refractivity contribution in [1.82, 2.24) is 29.4 Å². The van der Waals surface area contributed by atoms with Crippen LogP contribution in [0.2, 0.25) is 0 Å². The van der Waals surface area contributed by atoms with Gasteiger partial charge in [-0.15, -0.1) is 10.2 Å². The summed E-state index contributed by atoms with van der Waals surface area (Å²) >= 11 is 0. The van der Waals surface area contributed by atoms with E-state index in [9.17, 15) is 9.59 Å². The number of aryl methyl sites for hydroxylation is 1. The summed E-state index contributed by atoms with van der Waals surface area (Å²) < 4.78 is 8.10. The van der Waals surface area contributed by atoms with Crippen molar-refractivity contribution in [3.63, 3.8) is 0 Å². The second kappa shape index (κ2) is 8.09. The van der Waals surface area contributed by atoms with Crippen LogP contribution in [0.1, 0.15) is 11.5 Å². The Morgan fingerprint density at radius 2 is 2.00 bits per heavy atom. The maximum Gasteiger partial charge on any atom is 0.275 e. The summed E-state index contributed by atoms with van der Waals surface area (Å²) in [7, 11) is 3.28. The van der Waals surface area contributed by atoms with E-state index in [0.29, 0.717) is 30.1 Å². The van der Waals surface area contributed by atoms with Gasteiger partial charge in [-0.2, -0.15) is 5.10 Å². The molecule has 3 aromatic rings. The normalized spacial score (nSPS) is 11.1. The molecule has 0 aliphatic rings. The Labute approximate surface area is 156 Å². The van der Waals surface area contributed by atoms with Crippen LogP contribution >= 0.6 is 0 Å². The van der Waals surface area contributed by atoms with E-state index in [0.717, 1.165) is 5.39 Å². The van der Waals surface area contributed by atoms with E-state index in [4.69, 9.17) is 4.74 Å². The summed E-state index contributed by atoms with van der Waals surface area (Å²) in [5, 5.41) is 13.6. The maximum atomic E-state index is 12.6. The van der Waals surface area contributed by atoms with E-state index in [1.165, 1.54) is 9.58 Å². The molecule has 0 saturated heterocycles. The Balaban J connectivity index is 1.76. The van der Waals surface area contributed by atoms with Gasteiger partial charge in [0, 0.05) is 26.1 Å². The Morgan fingerprint density at radius 3 is 2.74 bits per heavy atom. The largest absolute Gasteiger partial charge is 0.383 e. The van der Waals surface area contributed by atoms with Crippen molar-refractivity contribution in [2.45, 2.75) is 26.6 Å². The third-order valence-electron chi connectivity index (χ3n) is 4.37. The molecule has 9 heteroatoms. The van der Waals surface area contributed by atoms with Gasteiger partial charge in [0.15, 0.2) is 5.82 Å². The van der Waals surface area contributed by atoms with Crippen LogP contribution in [-0.2, 0) is 29.2 Å². The quantitative estimate of drug-likeness (QED) is 0.604. The first-order valence-electron chi connectivity index (χ1n) is 8.57. The minimum Gasteiger partial charge on any atom is -0.383 e. The molecule has 3 rings (SSSR count). The summed E-state index contributed by atoms with van der Waals surface area (Å²) in [4.78, 5) is 26.7. The molecule has 0 spiro atoms. The molecule has 2 heterocycles. The second-order valence-corrected chi connectivity index (χ2v) is 6.28. The number of nitrogens with zero attached hydrogens (tertiary/aromatic N) is 6. The van der Waals surface area contributed by atoms with Gasteiger partial charge in [-0.1, -0.05) is 18.2 Å². The van der Waals surface area contributed by atoms with Crippen LogP contribution in [0.3, 0.4) is 0 Å². The van der Waals surface area contributed by atoms with Crippen LogP contribution in [-0.4, -0.2) is 56.1 Å². The fourth-order valence-corrected chi connectivity index (χ4v) is 2.84. The van der Waals surface area contributed by atoms with Crippen molar-refractivity contribution in [3.8, 4) is 0 Å². The molecule has 0 aliphatic carbocycles. The summed E-state index contributed by atoms with van der Waals surface area (Å²) in [6.45, 7) is 3.10. The number of benzene rings is 1. The zero-order chi connectivity index (χ0) is 19.4. The Bertz CT molecular complexity index is 1010. The molecule has 0 aliphatic heterocycles. The number of hydrogen-bond donors (Lipinski definition) is 0. The number of likely N-dealkylation sites (N-methyl/N-ethyl adjacent to an activating group) is 1. The van der Waals surface area contributed by atoms with Gasteiger partial charge in [-0.05, 0) is 13.0 Å². The van der Waals surface area contributed by atoms with Gasteiger partial charge < -0.3 is 14.2 Å². The van der Waals surface area contributed by atoms with Gasteiger partial charge in [0.1, 0.15) is 12.9 Å². The average molecular weight is 370 g/mol. The Kier molecular flexibility index (Phi) is 5.60. The van der Waals surface area contributed by atoms with Crippen molar-refractivity contribution in [2.75, 3.05) is 20.8 Å². The second-order valence-electron chi connectivity index (χ2n) is 6.28. The first kappa shape index (κ1) is 18.7. The molecule has 0 unspecified atom stereocenters. The highest BCUT2D eigenvalue weighted by Gasteiger charge is 2.16. The van der Waals surface area contributed by atoms with Crippen LogP contribution in [0, 0.1) is 6.92 Å². The van der Waals surface area contributed by atoms with Gasteiger partial charge in [0.25, 0.3) is 5.56 Å². The number of amides is 1. The van der Waals surface area contributed by atoms with Gasteiger partial charge >= 0.3 is 0 Å². The van der Waals surface area contributed by atoms with Crippen LogP contribution in [0.25, 0.3) is 10.8 Å². The lowest BCUT2D eigenvalue weighted by Crippen LogP contribution is -2.35. The minimum atomic E-state index is -0.277. The molecule has 0 bridgehead atoms. The van der Waals surface area contributed by atoms with E-state index in [2.05, 4.69) is 15.3 Å². The molecule has 0 fully saturated rings. The summed E-state index contributed by atoms with van der Waals surface area (Å²) in [5.74, 6) is 0.415. The zero-order valence-electron chi connectivity index (χ0n) is 15.6. The summed E-state index contributed by atoms with van der Waals surface area (Å²) in [6, 6.07) is 7.26. The van der Waals surface area contributed by atoms with E-state index in [1.807, 2.05) is 23.6 Å². The maximum absolute atomic E-state index is 12.6. The van der Waals surface area contributed by atoms with Gasteiger partial charge in [-0.25, -0.2) is 4.68 Å². The Hall–Kier alpha value is -3.07. The lowest BCUT2D eigenvalue weighted by molar-refractivity contribution is -0.131. The predicted octanol–water partition coefficient (Wildman–Crippen LogP) is 0.601. The molecule has 142 valence electrons. The van der Waals surface area contributed by atoms with E-state index in [-0.39, 0.29) is 24.6 Å². The average Bonchev–Trinajstić information content (AvgIpc) is 3.11. The van der Waals surface area contributed by atoms with Crippen molar-refractivity contribution in [2.24, 2.45) is 0 Å². The third-order valence-corrected chi connectivity index (χ3v) is 4.37. The SMILES string of the molecule is COCCn1cnnc1CN(C)C(=O)Cn1nc(C)c2ccccc2c1=O. The molecule has 0 radical (unpaired) electrons. The number of hydrogen-bond acceptors (Lipinski definition) is 6. The molecular formula is C18H22N6O3. The van der Waals surface area contributed by atoms with Gasteiger partial charge in [0.05, 0.1) is 24.2 Å². The van der Waals surface area contributed by atoms with E-state index < -0.39 is 0 Å². The molecular weight excluding hydrogens is 348 g/mol. The fraction of sp³-hybridized carbons (Fsp3) is 0.389. The highest BCUT2D eigenvalue weighted by Crippen LogP contribution is 2.12. The first-order chi connectivity index (χ1) is 13.0. The molecule has 0 atom stereocenters. The Morgan fingerprint density at radius 1 is 1.26 bits per heavy atom. The van der Waals surface area contributed by atoms with Gasteiger partial charge in [0.2, 0.25) is 5.91 Å². The third kappa shape index (κ3) is 4.03. The molecule has 9 nitrogen and oxygen atoms in total. The molecule has 27 heavy (non-hydrogen) atoms. The van der Waals surface area contributed by atoms with Crippen molar-refractivity contribution >= 4 is 16.7 Å². The highest BCUT2D eigenvalue weighted by atomic mass is 16.5. The van der Waals surface area contributed by atoms with Crippen molar-refractivity contribution in [1.29, 1.82) is 0 Å². The molecule has 0 saturated carbocycles. The molecule has 1 amide bonds. The van der Waals surface area contributed by atoms with Crippen LogP contribution in [0.4, 0.5) is 0 Å². The number of carbonyl (C=O) groups is 1. The minimum absolute atomic E-state index is 0.132. The summed E-state index contributed by atoms with van der Waals surface area (Å²) in [5.41, 5.74) is 0.432. The smallest absolute Gasteiger partial charge is 0.275 e. The van der Waals surface area contributed by atoms with Crippen molar-refractivity contribution in [3.05, 3.63) is 52.5 Å². The predicted molar refractivity (Wildman–Crippen MR) is 99.1 cm³/mol. The molecule has 2 aromatic heterocycles. The lowest BCUT2D eigenvalue weighted by Gasteiger charge is -2.18. The number of rotatable bonds is 7. The van der Waals surface area contributed by atoms with Crippen molar-refractivity contribution < 1.29 is 9.53 Å². The number of methoxy groups -OCH3 is 1. The van der Waals surface area contributed by atoms with Crippen LogP contribution in [0.5, 0.6) is 0 Å². The number of carbonyl (C=O) groups excluding carboxylic acids is 1. The van der Waals surface area contributed by atoms with Crippen LogP contribution in [0.15, 0.2) is 35.4 Å². The summed E-state index contributed by atoms with van der Waals surface area (Å²) in [6.07, 6.45) is 1.60. The first-order valence-corrected chi connectivity index (χ1v) is 8.57. The molecule has 1 aromatic carbocycles. The highest BCUT2D eigenvalue weighted by molar-refractivity contribution is 5.83. The standard InChI is InChI=1S/C18H22N6O3/c1-13-14-6-4-5-7-15(14)18(26)24(21-13)11-17(25)22(2)10-16-20-19-12-23(16)8-9-27-3/h4-7,12H,8-11H2,1-3H3.